The average molecular weight is 389 g/mol. The number of piperidine rings is 1. The number of benzene rings is 1. The smallest absolute Gasteiger partial charge is 0.317 e. The third-order valence-corrected chi connectivity index (χ3v) is 5.16. The second-order valence-corrected chi connectivity index (χ2v) is 7.63. The van der Waals surface area contributed by atoms with Gasteiger partial charge in [0.1, 0.15) is 6.10 Å². The van der Waals surface area contributed by atoms with E-state index in [-0.39, 0.29) is 24.4 Å². The number of nitrogens with one attached hydrogen (secondary N) is 2. The van der Waals surface area contributed by atoms with Gasteiger partial charge in [-0.2, -0.15) is 0 Å². The van der Waals surface area contributed by atoms with Gasteiger partial charge in [-0.1, -0.05) is 19.1 Å². The molecule has 2 aliphatic heterocycles. The molecule has 0 bridgehead atoms. The van der Waals surface area contributed by atoms with Gasteiger partial charge in [0.15, 0.2) is 0 Å². The monoisotopic (exact) mass is 389 g/mol. The van der Waals surface area contributed by atoms with Crippen LogP contribution in [-0.2, 0) is 20.9 Å². The number of carboxylic acids is 1. The summed E-state index contributed by atoms with van der Waals surface area (Å²) in [5, 5.41) is 14.9. The lowest BCUT2D eigenvalue weighted by Crippen LogP contribution is -2.49. The van der Waals surface area contributed by atoms with Crippen LogP contribution in [0.1, 0.15) is 31.7 Å². The minimum absolute atomic E-state index is 0.150. The molecule has 1 aromatic rings. The van der Waals surface area contributed by atoms with Crippen molar-refractivity contribution in [3.63, 3.8) is 0 Å². The zero-order chi connectivity index (χ0) is 20.1. The van der Waals surface area contributed by atoms with Gasteiger partial charge >= 0.3 is 12.0 Å². The predicted octanol–water partition coefficient (Wildman–Crippen LogP) is 2.06. The van der Waals surface area contributed by atoms with Crippen LogP contribution in [-0.4, -0.2) is 53.7 Å². The van der Waals surface area contributed by atoms with Gasteiger partial charge in [-0.25, -0.2) is 4.79 Å². The summed E-state index contributed by atoms with van der Waals surface area (Å²) in [6.07, 6.45) is 1.81. The normalized spacial score (nSPS) is 24.6. The summed E-state index contributed by atoms with van der Waals surface area (Å²) < 4.78 is 5.38. The zero-order valence-corrected chi connectivity index (χ0v) is 16.0. The van der Waals surface area contributed by atoms with Crippen LogP contribution < -0.4 is 10.6 Å². The van der Waals surface area contributed by atoms with Crippen molar-refractivity contribution in [1.29, 1.82) is 0 Å². The Morgan fingerprint density at radius 3 is 2.82 bits per heavy atom. The molecule has 2 saturated heterocycles. The molecule has 3 N–H and O–H groups in total. The van der Waals surface area contributed by atoms with Crippen molar-refractivity contribution in [3.8, 4) is 0 Å². The maximum atomic E-state index is 12.5. The molecule has 8 heteroatoms. The molecule has 28 heavy (non-hydrogen) atoms. The fourth-order valence-corrected chi connectivity index (χ4v) is 3.75. The van der Waals surface area contributed by atoms with Crippen LogP contribution in [0.15, 0.2) is 24.3 Å². The van der Waals surface area contributed by atoms with Gasteiger partial charge in [0.25, 0.3) is 5.91 Å². The number of nitrogens with zero attached hydrogens (tertiary/aromatic N) is 1. The minimum atomic E-state index is -0.862. The van der Waals surface area contributed by atoms with Crippen molar-refractivity contribution < 1.29 is 24.2 Å². The third-order valence-electron chi connectivity index (χ3n) is 5.16. The summed E-state index contributed by atoms with van der Waals surface area (Å²) in [6, 6.07) is 7.01. The standard InChI is InChI=1S/C20H27N3O5/c1-13-8-15(19(25)26)12-23(11-13)20(27)21-10-14-4-2-5-16(9-14)22-18(24)17-6-3-7-28-17/h2,4-5,9,13,15,17H,3,6-8,10-12H2,1H3,(H,21,27)(H,22,24)(H,25,26). The summed E-state index contributed by atoms with van der Waals surface area (Å²) in [4.78, 5) is 37.4. The Morgan fingerprint density at radius 1 is 1.29 bits per heavy atom. The lowest BCUT2D eigenvalue weighted by atomic mass is 9.91. The average Bonchev–Trinajstić information content (AvgIpc) is 3.21. The number of aliphatic carboxylic acids is 1. The Bertz CT molecular complexity index is 732. The van der Waals surface area contributed by atoms with Gasteiger partial charge in [0, 0.05) is 31.9 Å². The number of urea groups is 1. The molecule has 0 saturated carbocycles. The van der Waals surface area contributed by atoms with E-state index in [1.54, 1.807) is 11.0 Å². The fraction of sp³-hybridized carbons (Fsp3) is 0.550. The first kappa shape index (κ1) is 20.1. The van der Waals surface area contributed by atoms with E-state index in [0.717, 1.165) is 18.4 Å². The highest BCUT2D eigenvalue weighted by Crippen LogP contribution is 2.22. The molecule has 2 aliphatic rings. The van der Waals surface area contributed by atoms with Gasteiger partial charge in [0.05, 0.1) is 5.92 Å². The molecule has 2 fully saturated rings. The second-order valence-electron chi connectivity index (χ2n) is 7.63. The zero-order valence-electron chi connectivity index (χ0n) is 16.0. The molecule has 3 rings (SSSR count). The molecule has 152 valence electrons. The van der Waals surface area contributed by atoms with E-state index in [1.165, 1.54) is 0 Å². The topological polar surface area (TPSA) is 108 Å². The molecular weight excluding hydrogens is 362 g/mol. The summed E-state index contributed by atoms with van der Waals surface area (Å²) in [7, 11) is 0. The Balaban J connectivity index is 1.53. The van der Waals surface area contributed by atoms with Crippen LogP contribution in [0.4, 0.5) is 10.5 Å². The highest BCUT2D eigenvalue weighted by molar-refractivity contribution is 5.94. The Hall–Kier alpha value is -2.61. The maximum absolute atomic E-state index is 12.5. The van der Waals surface area contributed by atoms with E-state index >= 15 is 0 Å². The SMILES string of the molecule is CC1CC(C(=O)O)CN(C(=O)NCc2cccc(NC(=O)C3CCCO3)c2)C1. The van der Waals surface area contributed by atoms with Crippen LogP contribution >= 0.6 is 0 Å². The van der Waals surface area contributed by atoms with Crippen molar-refractivity contribution in [2.24, 2.45) is 11.8 Å². The summed E-state index contributed by atoms with van der Waals surface area (Å²) in [5.41, 5.74) is 1.50. The van der Waals surface area contributed by atoms with E-state index in [9.17, 15) is 19.5 Å². The van der Waals surface area contributed by atoms with Crippen LogP contribution in [0.2, 0.25) is 0 Å². The molecule has 0 aromatic heterocycles. The minimum Gasteiger partial charge on any atom is -0.481 e. The van der Waals surface area contributed by atoms with E-state index in [2.05, 4.69) is 10.6 Å². The first-order chi connectivity index (χ1) is 13.4. The molecular formula is C20H27N3O5. The Labute approximate surface area is 164 Å². The number of hydrogen-bond donors (Lipinski definition) is 3. The number of anilines is 1. The molecule has 3 atom stereocenters. The van der Waals surface area contributed by atoms with Crippen LogP contribution in [0.5, 0.6) is 0 Å². The van der Waals surface area contributed by atoms with Gasteiger partial charge in [-0.15, -0.1) is 0 Å². The fourth-order valence-electron chi connectivity index (χ4n) is 3.75. The van der Waals surface area contributed by atoms with Gasteiger partial charge in [-0.05, 0) is 42.9 Å². The van der Waals surface area contributed by atoms with Gasteiger partial charge < -0.3 is 25.4 Å². The van der Waals surface area contributed by atoms with E-state index in [0.29, 0.717) is 31.8 Å². The number of rotatable bonds is 5. The molecule has 0 radical (unpaired) electrons. The third kappa shape index (κ3) is 5.22. The quantitative estimate of drug-likeness (QED) is 0.714. The van der Waals surface area contributed by atoms with Gasteiger partial charge in [0.2, 0.25) is 0 Å². The van der Waals surface area contributed by atoms with Crippen molar-refractivity contribution >= 4 is 23.6 Å². The highest BCUT2D eigenvalue weighted by atomic mass is 16.5. The summed E-state index contributed by atoms with van der Waals surface area (Å²) >= 11 is 0. The van der Waals surface area contributed by atoms with Gasteiger partial charge in [-0.3, -0.25) is 9.59 Å². The molecule has 3 unspecified atom stereocenters. The van der Waals surface area contributed by atoms with Crippen molar-refractivity contribution in [1.82, 2.24) is 10.2 Å². The molecule has 2 heterocycles. The number of carbonyl (C=O) groups is 3. The van der Waals surface area contributed by atoms with E-state index in [1.807, 2.05) is 25.1 Å². The Morgan fingerprint density at radius 2 is 2.11 bits per heavy atom. The van der Waals surface area contributed by atoms with Crippen LogP contribution in [0.25, 0.3) is 0 Å². The van der Waals surface area contributed by atoms with Crippen molar-refractivity contribution in [2.45, 2.75) is 38.8 Å². The number of ether oxygens (including phenoxy) is 1. The summed E-state index contributed by atoms with van der Waals surface area (Å²) in [6.45, 7) is 3.64. The number of amides is 3. The number of carbonyl (C=O) groups excluding carboxylic acids is 2. The first-order valence-electron chi connectivity index (χ1n) is 9.69. The number of hydrogen-bond acceptors (Lipinski definition) is 4. The van der Waals surface area contributed by atoms with Crippen LogP contribution in [0.3, 0.4) is 0 Å². The largest absolute Gasteiger partial charge is 0.481 e. The highest BCUT2D eigenvalue weighted by Gasteiger charge is 2.31. The predicted molar refractivity (Wildman–Crippen MR) is 103 cm³/mol. The molecule has 1 aromatic carbocycles. The second kappa shape index (κ2) is 9.05. The summed E-state index contributed by atoms with van der Waals surface area (Å²) in [5.74, 6) is -1.39. The first-order valence-corrected chi connectivity index (χ1v) is 9.69. The maximum Gasteiger partial charge on any atom is 0.317 e. The lowest BCUT2D eigenvalue weighted by Gasteiger charge is -2.34. The van der Waals surface area contributed by atoms with E-state index in [4.69, 9.17) is 4.74 Å². The molecule has 0 aliphatic carbocycles. The molecule has 3 amide bonds. The van der Waals surface area contributed by atoms with E-state index < -0.39 is 18.0 Å². The Kier molecular flexibility index (Phi) is 6.51. The molecule has 8 nitrogen and oxygen atoms in total. The van der Waals surface area contributed by atoms with Crippen molar-refractivity contribution in [2.75, 3.05) is 25.0 Å². The molecule has 0 spiro atoms. The number of likely N-dealkylation sites (tertiary alicyclic amines) is 1. The lowest BCUT2D eigenvalue weighted by molar-refractivity contribution is -0.143. The van der Waals surface area contributed by atoms with Crippen LogP contribution in [0, 0.1) is 11.8 Å². The van der Waals surface area contributed by atoms with Crippen molar-refractivity contribution in [3.05, 3.63) is 29.8 Å². The number of carboxylic acid groups (broad SMARTS) is 1.